The van der Waals surface area contributed by atoms with Crippen LogP contribution in [0.3, 0.4) is 0 Å². The van der Waals surface area contributed by atoms with Gasteiger partial charge in [0.1, 0.15) is 0 Å². The van der Waals surface area contributed by atoms with Crippen LogP contribution in [-0.2, 0) is 25.7 Å². The number of amides is 2. The third-order valence-electron chi connectivity index (χ3n) is 7.68. The maximum atomic E-state index is 12.6. The van der Waals surface area contributed by atoms with Crippen molar-refractivity contribution < 1.29 is 24.2 Å². The van der Waals surface area contributed by atoms with Crippen molar-refractivity contribution in [2.45, 2.75) is 68.7 Å². The summed E-state index contributed by atoms with van der Waals surface area (Å²) < 4.78 is 12.8. The highest BCUT2D eigenvalue weighted by Crippen LogP contribution is 2.39. The van der Waals surface area contributed by atoms with Crippen LogP contribution in [0.5, 0.6) is 0 Å². The van der Waals surface area contributed by atoms with Crippen LogP contribution in [0.25, 0.3) is 0 Å². The highest BCUT2D eigenvalue weighted by atomic mass is 32.2. The summed E-state index contributed by atoms with van der Waals surface area (Å²) in [5.41, 5.74) is 10.5. The number of nitrogens with one attached hydrogen (secondary N) is 2. The van der Waals surface area contributed by atoms with Gasteiger partial charge >= 0.3 is 0 Å². The molecule has 2 amide bonds. The number of nitrogens with zero attached hydrogens (tertiary/aromatic N) is 1. The smallest absolute Gasteiger partial charge is 0.224 e. The van der Waals surface area contributed by atoms with Gasteiger partial charge in [-0.25, -0.2) is 4.98 Å². The number of hydrogen-bond donors (Lipinski definition) is 4. The molecule has 3 atom stereocenters. The number of nitrogen functional groups attached to an aromatic ring is 1. The molecule has 240 valence electrons. The Morgan fingerprint density at radius 2 is 1.52 bits per heavy atom. The van der Waals surface area contributed by atoms with Gasteiger partial charge in [-0.05, 0) is 60.4 Å². The number of pyridine rings is 1. The molecular weight excluding hydrogens is 600 g/mol. The molecule has 10 heteroatoms. The summed E-state index contributed by atoms with van der Waals surface area (Å²) in [5.74, 6) is 0.567. The van der Waals surface area contributed by atoms with Crippen molar-refractivity contribution in [3.05, 3.63) is 114 Å². The summed E-state index contributed by atoms with van der Waals surface area (Å²) in [6, 6.07) is 28.4. The Bertz CT molecular complexity index is 1550. The second kappa shape index (κ2) is 16.9. The van der Waals surface area contributed by atoms with Crippen LogP contribution in [-0.4, -0.2) is 33.8 Å². The molecule has 46 heavy (non-hydrogen) atoms. The molecule has 5 N–H and O–H groups in total. The molecule has 0 aliphatic carbocycles. The monoisotopic (exact) mass is 640 g/mol. The molecule has 9 nitrogen and oxygen atoms in total. The van der Waals surface area contributed by atoms with Crippen LogP contribution >= 0.6 is 11.8 Å². The first-order chi connectivity index (χ1) is 22.5. The number of aliphatic hydroxyl groups excluding tert-OH is 1. The van der Waals surface area contributed by atoms with E-state index in [1.807, 2.05) is 78.9 Å². The summed E-state index contributed by atoms with van der Waals surface area (Å²) in [6.45, 7) is -0.00601. The largest absolute Gasteiger partial charge is 0.397 e. The van der Waals surface area contributed by atoms with Gasteiger partial charge in [0, 0.05) is 42.5 Å². The molecule has 1 aromatic heterocycles. The van der Waals surface area contributed by atoms with Gasteiger partial charge in [0.15, 0.2) is 6.29 Å². The first-order valence-electron chi connectivity index (χ1n) is 15.6. The number of hydrogen-bond acceptors (Lipinski definition) is 8. The fourth-order valence-electron chi connectivity index (χ4n) is 5.15. The average Bonchev–Trinajstić information content (AvgIpc) is 3.09. The van der Waals surface area contributed by atoms with E-state index in [4.69, 9.17) is 15.2 Å². The average molecular weight is 641 g/mol. The SMILES string of the molecule is Nc1ccccc1NC(=O)CCCCCC(=O)Nc1ccc([C@@H]2O[C@H](CSc3ccccn3)C[C@H](c3ccc(CO)cc3)O2)cc1. The number of carbonyl (C=O) groups excluding carboxylic acids is 2. The number of nitrogens with two attached hydrogens (primary N) is 1. The molecule has 0 bridgehead atoms. The normalized spacial score (nSPS) is 17.7. The molecule has 4 aromatic rings. The minimum Gasteiger partial charge on any atom is -0.397 e. The molecular formula is C36H40N4O5S. The van der Waals surface area contributed by atoms with E-state index < -0.39 is 6.29 Å². The predicted octanol–water partition coefficient (Wildman–Crippen LogP) is 7.02. The number of anilines is 3. The number of rotatable bonds is 14. The molecule has 3 aromatic carbocycles. The van der Waals surface area contributed by atoms with E-state index in [1.54, 1.807) is 30.1 Å². The Balaban J connectivity index is 1.10. The molecule has 1 aliphatic heterocycles. The van der Waals surface area contributed by atoms with E-state index in [1.165, 1.54) is 0 Å². The Kier molecular flexibility index (Phi) is 12.2. The van der Waals surface area contributed by atoms with Gasteiger partial charge in [0.05, 0.1) is 35.2 Å². The zero-order chi connectivity index (χ0) is 32.1. The standard InChI is InChI=1S/C36H40N4O5S/c37-30-8-4-5-9-31(30)40-34(43)11-3-1-2-10-33(42)39-28-19-17-27(18-20-28)36-44-29(24-46-35-12-6-7-21-38-35)22-32(45-36)26-15-13-25(23-41)14-16-26/h4-9,12-21,29,32,36,41H,1-3,10-11,22-24,37H2,(H,39,42)(H,40,43)/t29-,32+,36+/m0/s1. The van der Waals surface area contributed by atoms with Gasteiger partial charge in [-0.1, -0.05) is 61.0 Å². The maximum absolute atomic E-state index is 12.6. The van der Waals surface area contributed by atoms with E-state index in [2.05, 4.69) is 15.6 Å². The predicted molar refractivity (Wildman–Crippen MR) is 181 cm³/mol. The lowest BCUT2D eigenvalue weighted by molar-refractivity contribution is -0.245. The van der Waals surface area contributed by atoms with Crippen molar-refractivity contribution in [1.82, 2.24) is 4.98 Å². The van der Waals surface area contributed by atoms with Gasteiger partial charge < -0.3 is 30.9 Å². The van der Waals surface area contributed by atoms with Crippen molar-refractivity contribution in [2.75, 3.05) is 22.1 Å². The Hall–Kier alpha value is -4.22. The lowest BCUT2D eigenvalue weighted by atomic mass is 10.0. The zero-order valence-corrected chi connectivity index (χ0v) is 26.5. The third-order valence-corrected chi connectivity index (χ3v) is 8.75. The molecule has 0 spiro atoms. The minimum absolute atomic E-state index is 0.00601. The number of aliphatic hydroxyl groups is 1. The second-order valence-corrected chi connectivity index (χ2v) is 12.2. The number of aromatic nitrogens is 1. The van der Waals surface area contributed by atoms with Crippen molar-refractivity contribution in [1.29, 1.82) is 0 Å². The van der Waals surface area contributed by atoms with E-state index in [0.717, 1.165) is 33.9 Å². The van der Waals surface area contributed by atoms with Crippen LogP contribution in [0.1, 0.15) is 67.6 Å². The second-order valence-electron chi connectivity index (χ2n) is 11.2. The summed E-state index contributed by atoms with van der Waals surface area (Å²) >= 11 is 1.65. The molecule has 0 saturated carbocycles. The summed E-state index contributed by atoms with van der Waals surface area (Å²) in [4.78, 5) is 29.2. The van der Waals surface area contributed by atoms with Crippen molar-refractivity contribution in [2.24, 2.45) is 0 Å². The van der Waals surface area contributed by atoms with E-state index >= 15 is 0 Å². The van der Waals surface area contributed by atoms with Gasteiger partial charge in [-0.15, -0.1) is 11.8 Å². The number of para-hydroxylation sites is 2. The van der Waals surface area contributed by atoms with Crippen LogP contribution in [0.2, 0.25) is 0 Å². The van der Waals surface area contributed by atoms with Crippen molar-refractivity contribution in [3.8, 4) is 0 Å². The van der Waals surface area contributed by atoms with E-state index in [0.29, 0.717) is 49.2 Å². The van der Waals surface area contributed by atoms with Crippen LogP contribution < -0.4 is 16.4 Å². The Morgan fingerprint density at radius 3 is 2.22 bits per heavy atom. The number of ether oxygens (including phenoxy) is 2. The van der Waals surface area contributed by atoms with Crippen molar-refractivity contribution in [3.63, 3.8) is 0 Å². The van der Waals surface area contributed by atoms with Gasteiger partial charge in [-0.2, -0.15) is 0 Å². The number of benzene rings is 3. The molecule has 5 rings (SSSR count). The third kappa shape index (κ3) is 9.89. The quantitative estimate of drug-likeness (QED) is 0.0656. The fourth-order valence-corrected chi connectivity index (χ4v) is 6.03. The van der Waals surface area contributed by atoms with Gasteiger partial charge in [0.25, 0.3) is 0 Å². The number of carbonyl (C=O) groups is 2. The van der Waals surface area contributed by atoms with E-state index in [-0.39, 0.29) is 30.6 Å². The highest BCUT2D eigenvalue weighted by molar-refractivity contribution is 7.99. The van der Waals surface area contributed by atoms with E-state index in [9.17, 15) is 14.7 Å². The number of unbranched alkanes of at least 4 members (excludes halogenated alkanes) is 2. The summed E-state index contributed by atoms with van der Waals surface area (Å²) in [5, 5.41) is 16.2. The molecule has 0 unspecified atom stereocenters. The molecule has 1 saturated heterocycles. The van der Waals surface area contributed by atoms with Crippen molar-refractivity contribution >= 4 is 40.6 Å². The summed E-state index contributed by atoms with van der Waals surface area (Å²) in [7, 11) is 0. The van der Waals surface area contributed by atoms with Gasteiger partial charge in [0.2, 0.25) is 11.8 Å². The number of thioether (sulfide) groups is 1. The highest BCUT2D eigenvalue weighted by Gasteiger charge is 2.32. The lowest BCUT2D eigenvalue weighted by Crippen LogP contribution is -2.31. The summed E-state index contributed by atoms with van der Waals surface area (Å²) in [6.07, 6.45) is 4.54. The Morgan fingerprint density at radius 1 is 0.826 bits per heavy atom. The zero-order valence-electron chi connectivity index (χ0n) is 25.6. The maximum Gasteiger partial charge on any atom is 0.224 e. The van der Waals surface area contributed by atoms with Crippen LogP contribution in [0.15, 0.2) is 102 Å². The fraction of sp³-hybridized carbons (Fsp3) is 0.306. The molecule has 1 aliphatic rings. The van der Waals surface area contributed by atoms with Crippen LogP contribution in [0.4, 0.5) is 17.1 Å². The lowest BCUT2D eigenvalue weighted by Gasteiger charge is -2.36. The Labute approximate surface area is 273 Å². The van der Waals surface area contributed by atoms with Gasteiger partial charge in [-0.3, -0.25) is 9.59 Å². The topological polar surface area (TPSA) is 136 Å². The van der Waals surface area contributed by atoms with Crippen LogP contribution in [0, 0.1) is 0 Å². The first-order valence-corrected chi connectivity index (χ1v) is 16.5. The first kappa shape index (κ1) is 33.2. The molecule has 2 heterocycles. The minimum atomic E-state index is -0.578. The molecule has 1 fully saturated rings. The molecule has 0 radical (unpaired) electrons.